The van der Waals surface area contributed by atoms with Crippen LogP contribution in [0, 0.1) is 17.6 Å². The number of halogens is 3. The van der Waals surface area contributed by atoms with Gasteiger partial charge in [-0.3, -0.25) is 14.3 Å². The van der Waals surface area contributed by atoms with E-state index < -0.39 is 29.4 Å². The Bertz CT molecular complexity index is 1180. The van der Waals surface area contributed by atoms with Crippen LogP contribution in [0.15, 0.2) is 45.7 Å². The van der Waals surface area contributed by atoms with Gasteiger partial charge in [0.2, 0.25) is 0 Å². The maximum Gasteiger partial charge on any atom is 0.439 e. The van der Waals surface area contributed by atoms with E-state index in [4.69, 9.17) is 16.3 Å². The second-order valence-corrected chi connectivity index (χ2v) is 7.66. The first-order valence-corrected chi connectivity index (χ1v) is 10.2. The zero-order valence-corrected chi connectivity index (χ0v) is 17.4. The molecular weight excluding hydrogens is 446 g/mol. The van der Waals surface area contributed by atoms with Gasteiger partial charge in [0.25, 0.3) is 5.91 Å². The van der Waals surface area contributed by atoms with Crippen molar-refractivity contribution < 1.29 is 22.8 Å². The highest BCUT2D eigenvalue weighted by Crippen LogP contribution is 2.30. The third-order valence-corrected chi connectivity index (χ3v) is 5.45. The van der Waals surface area contributed by atoms with Crippen molar-refractivity contribution in [3.8, 4) is 11.4 Å². The van der Waals surface area contributed by atoms with E-state index in [9.17, 15) is 18.4 Å². The van der Waals surface area contributed by atoms with Crippen LogP contribution in [0.5, 0.6) is 0 Å². The first-order valence-electron chi connectivity index (χ1n) is 9.84. The molecule has 1 aliphatic rings. The minimum atomic E-state index is -0.846. The van der Waals surface area contributed by atoms with E-state index in [-0.39, 0.29) is 34.4 Å². The molecule has 0 saturated carbocycles. The molecule has 8 nitrogen and oxygen atoms in total. The number of amides is 1. The zero-order chi connectivity index (χ0) is 22.7. The Hall–Kier alpha value is -3.08. The van der Waals surface area contributed by atoms with Crippen LogP contribution in [-0.4, -0.2) is 42.3 Å². The molecule has 2 aromatic carbocycles. The van der Waals surface area contributed by atoms with E-state index in [0.717, 1.165) is 0 Å². The van der Waals surface area contributed by atoms with Gasteiger partial charge in [-0.05, 0) is 29.8 Å². The van der Waals surface area contributed by atoms with E-state index in [2.05, 4.69) is 25.3 Å². The smallest absolute Gasteiger partial charge is 0.372 e. The monoisotopic (exact) mass is 464 g/mol. The lowest BCUT2D eigenvalue weighted by Crippen LogP contribution is -2.36. The summed E-state index contributed by atoms with van der Waals surface area (Å²) in [6.07, 6.45) is -0.492. The summed E-state index contributed by atoms with van der Waals surface area (Å²) in [5.41, 5.74) is 0.304. The van der Waals surface area contributed by atoms with Crippen molar-refractivity contribution in [3.63, 3.8) is 0 Å². The number of hydrogen-bond acceptors (Lipinski definition) is 6. The van der Waals surface area contributed by atoms with E-state index in [1.165, 1.54) is 30.3 Å². The van der Waals surface area contributed by atoms with Gasteiger partial charge in [0.05, 0.1) is 28.9 Å². The summed E-state index contributed by atoms with van der Waals surface area (Å²) >= 11 is 5.78. The molecule has 168 valence electrons. The van der Waals surface area contributed by atoms with Crippen LogP contribution in [0.2, 0.25) is 5.02 Å². The van der Waals surface area contributed by atoms with Crippen molar-refractivity contribution in [2.75, 3.05) is 26.2 Å². The number of carbonyl (C=O) groups excluding carboxylic acids is 1. The number of rotatable bonds is 5. The first kappa shape index (κ1) is 22.1. The fourth-order valence-electron chi connectivity index (χ4n) is 3.58. The number of H-pyrrole nitrogens is 1. The maximum atomic E-state index is 14.9. The average Bonchev–Trinajstić information content (AvgIpc) is 3.07. The Morgan fingerprint density at radius 3 is 2.88 bits per heavy atom. The number of aromatic amines is 1. The molecule has 1 amide bonds. The third kappa shape index (κ3) is 4.72. The molecule has 0 spiro atoms. The van der Waals surface area contributed by atoms with Gasteiger partial charge >= 0.3 is 5.76 Å². The van der Waals surface area contributed by atoms with Crippen LogP contribution < -0.4 is 16.4 Å². The lowest BCUT2D eigenvalue weighted by atomic mass is 9.95. The molecule has 1 aliphatic heterocycles. The summed E-state index contributed by atoms with van der Waals surface area (Å²) in [7, 11) is 0. The highest BCUT2D eigenvalue weighted by Gasteiger charge is 2.28. The van der Waals surface area contributed by atoms with Crippen molar-refractivity contribution in [1.82, 2.24) is 20.8 Å². The van der Waals surface area contributed by atoms with Crippen molar-refractivity contribution in [2.45, 2.75) is 6.10 Å². The van der Waals surface area contributed by atoms with Crippen LogP contribution in [-0.2, 0) is 4.74 Å². The molecule has 3 N–H and O–H groups in total. The molecule has 4 rings (SSSR count). The standard InChI is InChI=1S/C21H19ClF2N4O4/c22-15-5-4-11(8-16(15)23)18-12(9-25-6-7-31-18)10-26-20(29)14-3-1-2-13(17(14)24)19-27-21(30)32-28-19/h1-5,8,12,18,25H,6-7,9-10H2,(H,26,29)(H,27,28,30)/t12-,18-/m0/s1. The molecule has 2 atom stereocenters. The minimum absolute atomic E-state index is 0.00848. The SMILES string of the molecule is O=C(NC[C@@H]1CNCCO[C@H]1c1ccc(Cl)c(F)c1)c1cccc(-c2noc(=O)[nH]2)c1F. The summed E-state index contributed by atoms with van der Waals surface area (Å²) in [4.78, 5) is 26.1. The van der Waals surface area contributed by atoms with Crippen LogP contribution in [0.25, 0.3) is 11.4 Å². The van der Waals surface area contributed by atoms with Crippen molar-refractivity contribution in [1.29, 1.82) is 0 Å². The van der Waals surface area contributed by atoms with Gasteiger partial charge in [-0.25, -0.2) is 13.6 Å². The lowest BCUT2D eigenvalue weighted by Gasteiger charge is -2.25. The number of ether oxygens (including phenoxy) is 1. The average molecular weight is 465 g/mol. The quantitative estimate of drug-likeness (QED) is 0.535. The Labute approximate surface area is 185 Å². The second kappa shape index (κ2) is 9.60. The largest absolute Gasteiger partial charge is 0.439 e. The Morgan fingerprint density at radius 1 is 1.28 bits per heavy atom. The van der Waals surface area contributed by atoms with Crippen LogP contribution in [0.1, 0.15) is 22.0 Å². The van der Waals surface area contributed by atoms with Gasteiger partial charge in [-0.1, -0.05) is 28.9 Å². The van der Waals surface area contributed by atoms with Crippen LogP contribution in [0.4, 0.5) is 8.78 Å². The van der Waals surface area contributed by atoms with Crippen molar-refractivity contribution in [2.24, 2.45) is 5.92 Å². The van der Waals surface area contributed by atoms with Crippen molar-refractivity contribution in [3.05, 3.63) is 74.7 Å². The van der Waals surface area contributed by atoms with E-state index >= 15 is 0 Å². The predicted molar refractivity (Wildman–Crippen MR) is 111 cm³/mol. The van der Waals surface area contributed by atoms with Gasteiger partial charge in [0.15, 0.2) is 5.82 Å². The molecule has 0 aliphatic carbocycles. The fourth-order valence-corrected chi connectivity index (χ4v) is 3.70. The van der Waals surface area contributed by atoms with E-state index in [1.807, 2.05) is 0 Å². The fraction of sp³-hybridized carbons (Fsp3) is 0.286. The molecule has 2 heterocycles. The number of nitrogens with one attached hydrogen (secondary N) is 3. The summed E-state index contributed by atoms with van der Waals surface area (Å²) in [6, 6.07) is 8.61. The zero-order valence-electron chi connectivity index (χ0n) is 16.7. The second-order valence-electron chi connectivity index (χ2n) is 7.25. The summed E-state index contributed by atoms with van der Waals surface area (Å²) in [5, 5.41) is 9.38. The van der Waals surface area contributed by atoms with Crippen LogP contribution >= 0.6 is 11.6 Å². The van der Waals surface area contributed by atoms with E-state index in [1.54, 1.807) is 6.07 Å². The molecule has 0 unspecified atom stereocenters. The maximum absolute atomic E-state index is 14.9. The Balaban J connectivity index is 1.52. The van der Waals surface area contributed by atoms with Crippen molar-refractivity contribution >= 4 is 17.5 Å². The molecular formula is C21H19ClF2N4O4. The number of hydrogen-bond donors (Lipinski definition) is 3. The molecule has 0 bridgehead atoms. The summed E-state index contributed by atoms with van der Waals surface area (Å²) < 4.78 is 39.2. The Morgan fingerprint density at radius 2 is 2.12 bits per heavy atom. The molecule has 32 heavy (non-hydrogen) atoms. The predicted octanol–water partition coefficient (Wildman–Crippen LogP) is 2.67. The first-order chi connectivity index (χ1) is 15.4. The molecule has 1 saturated heterocycles. The molecule has 11 heteroatoms. The molecule has 1 aromatic heterocycles. The lowest BCUT2D eigenvalue weighted by molar-refractivity contribution is 0.0303. The van der Waals surface area contributed by atoms with E-state index in [0.29, 0.717) is 25.3 Å². The summed E-state index contributed by atoms with van der Waals surface area (Å²) in [5.74, 6) is -3.26. The molecule has 1 fully saturated rings. The molecule has 0 radical (unpaired) electrons. The third-order valence-electron chi connectivity index (χ3n) is 5.15. The number of carbonyl (C=O) groups is 1. The van der Waals surface area contributed by atoms with Gasteiger partial charge in [-0.2, -0.15) is 0 Å². The molecule has 3 aromatic rings. The number of nitrogens with zero attached hydrogens (tertiary/aromatic N) is 1. The number of benzene rings is 2. The van der Waals surface area contributed by atoms with Gasteiger partial charge in [-0.15, -0.1) is 0 Å². The van der Waals surface area contributed by atoms with Gasteiger partial charge < -0.3 is 15.4 Å². The Kier molecular flexibility index (Phi) is 6.63. The van der Waals surface area contributed by atoms with Gasteiger partial charge in [0.1, 0.15) is 11.6 Å². The summed E-state index contributed by atoms with van der Waals surface area (Å²) in [6.45, 7) is 1.65. The normalized spacial score (nSPS) is 18.8. The highest BCUT2D eigenvalue weighted by atomic mass is 35.5. The topological polar surface area (TPSA) is 109 Å². The van der Waals surface area contributed by atoms with Gasteiger partial charge in [0, 0.05) is 25.6 Å². The number of aromatic nitrogens is 2. The highest BCUT2D eigenvalue weighted by molar-refractivity contribution is 6.30. The minimum Gasteiger partial charge on any atom is -0.372 e. The van der Waals surface area contributed by atoms with Crippen LogP contribution in [0.3, 0.4) is 0 Å².